The molecule has 1 aliphatic rings. The standard InChI is InChI=1S/C17H22N4O3/c1-2-16-19-17(20-24-16)14-7-4-8-21(14)10-12-5-3-6-13(9-12)23-11-15(18)22/h3,5-6,9,14H,2,4,7-8,10-11H2,1H3,(H2,18,22)/t14-/m1/s1. The minimum Gasteiger partial charge on any atom is -0.484 e. The number of rotatable bonds is 7. The maximum atomic E-state index is 10.8. The van der Waals surface area contributed by atoms with Crippen molar-refractivity contribution in [2.75, 3.05) is 13.2 Å². The Morgan fingerprint density at radius 1 is 1.50 bits per heavy atom. The summed E-state index contributed by atoms with van der Waals surface area (Å²) < 4.78 is 10.6. The Balaban J connectivity index is 1.68. The summed E-state index contributed by atoms with van der Waals surface area (Å²) in [5, 5.41) is 4.12. The Morgan fingerprint density at radius 3 is 3.12 bits per heavy atom. The molecule has 1 aliphatic heterocycles. The van der Waals surface area contributed by atoms with E-state index in [0.717, 1.165) is 43.7 Å². The molecule has 2 aromatic rings. The van der Waals surface area contributed by atoms with E-state index in [4.69, 9.17) is 15.0 Å². The number of carbonyl (C=O) groups excluding carboxylic acids is 1. The van der Waals surface area contributed by atoms with Gasteiger partial charge in [-0.2, -0.15) is 4.98 Å². The first kappa shape index (κ1) is 16.4. The van der Waals surface area contributed by atoms with Crippen molar-refractivity contribution in [1.29, 1.82) is 0 Å². The fraction of sp³-hybridized carbons (Fsp3) is 0.471. The molecule has 1 saturated heterocycles. The number of hydrogen-bond donors (Lipinski definition) is 1. The molecule has 7 nitrogen and oxygen atoms in total. The maximum absolute atomic E-state index is 10.8. The molecule has 128 valence electrons. The fourth-order valence-corrected chi connectivity index (χ4v) is 2.98. The zero-order chi connectivity index (χ0) is 16.9. The highest BCUT2D eigenvalue weighted by Gasteiger charge is 2.29. The summed E-state index contributed by atoms with van der Waals surface area (Å²) in [6.07, 6.45) is 2.89. The van der Waals surface area contributed by atoms with Crippen LogP contribution >= 0.6 is 0 Å². The van der Waals surface area contributed by atoms with Gasteiger partial charge >= 0.3 is 0 Å². The number of nitrogens with zero attached hydrogens (tertiary/aromatic N) is 3. The van der Waals surface area contributed by atoms with E-state index in [1.807, 2.05) is 31.2 Å². The van der Waals surface area contributed by atoms with Gasteiger partial charge in [0.1, 0.15) is 5.75 Å². The molecular formula is C17H22N4O3. The highest BCUT2D eigenvalue weighted by atomic mass is 16.5. The van der Waals surface area contributed by atoms with Gasteiger partial charge in [0.2, 0.25) is 5.89 Å². The lowest BCUT2D eigenvalue weighted by molar-refractivity contribution is -0.119. The van der Waals surface area contributed by atoms with Gasteiger partial charge in [-0.1, -0.05) is 24.2 Å². The number of nitrogens with two attached hydrogens (primary N) is 1. The lowest BCUT2D eigenvalue weighted by atomic mass is 10.1. The van der Waals surface area contributed by atoms with E-state index in [1.165, 1.54) is 0 Å². The summed E-state index contributed by atoms with van der Waals surface area (Å²) in [5.41, 5.74) is 6.23. The predicted octanol–water partition coefficient (Wildman–Crippen LogP) is 1.83. The van der Waals surface area contributed by atoms with Crippen LogP contribution < -0.4 is 10.5 Å². The Labute approximate surface area is 140 Å². The second kappa shape index (κ2) is 7.44. The van der Waals surface area contributed by atoms with Crippen LogP contribution in [0.4, 0.5) is 0 Å². The fourth-order valence-electron chi connectivity index (χ4n) is 2.98. The molecule has 1 aromatic carbocycles. The number of aryl methyl sites for hydroxylation is 1. The Morgan fingerprint density at radius 2 is 2.38 bits per heavy atom. The number of hydrogen-bond acceptors (Lipinski definition) is 6. The van der Waals surface area contributed by atoms with Gasteiger partial charge in [0.05, 0.1) is 6.04 Å². The number of carbonyl (C=O) groups is 1. The van der Waals surface area contributed by atoms with Crippen molar-refractivity contribution in [1.82, 2.24) is 15.0 Å². The zero-order valence-electron chi connectivity index (χ0n) is 13.8. The average Bonchev–Trinajstić information content (AvgIpc) is 3.22. The monoisotopic (exact) mass is 330 g/mol. The van der Waals surface area contributed by atoms with E-state index in [0.29, 0.717) is 11.6 Å². The van der Waals surface area contributed by atoms with Crippen molar-refractivity contribution in [3.8, 4) is 5.75 Å². The molecular weight excluding hydrogens is 308 g/mol. The van der Waals surface area contributed by atoms with Crippen LogP contribution in [0.3, 0.4) is 0 Å². The van der Waals surface area contributed by atoms with Crippen molar-refractivity contribution in [3.63, 3.8) is 0 Å². The molecule has 0 unspecified atom stereocenters. The van der Waals surface area contributed by atoms with Crippen LogP contribution in [0.2, 0.25) is 0 Å². The van der Waals surface area contributed by atoms with E-state index in [1.54, 1.807) is 0 Å². The van der Waals surface area contributed by atoms with Gasteiger partial charge in [0.25, 0.3) is 5.91 Å². The number of benzene rings is 1. The van der Waals surface area contributed by atoms with Crippen LogP contribution in [0.5, 0.6) is 5.75 Å². The van der Waals surface area contributed by atoms with Crippen LogP contribution in [0.25, 0.3) is 0 Å². The van der Waals surface area contributed by atoms with Crippen LogP contribution in [0.1, 0.15) is 43.1 Å². The van der Waals surface area contributed by atoms with Crippen LogP contribution in [0.15, 0.2) is 28.8 Å². The largest absolute Gasteiger partial charge is 0.484 e. The predicted molar refractivity (Wildman–Crippen MR) is 87.2 cm³/mol. The van der Waals surface area contributed by atoms with Gasteiger partial charge in [0, 0.05) is 13.0 Å². The minimum absolute atomic E-state index is 0.113. The summed E-state index contributed by atoms with van der Waals surface area (Å²) in [6, 6.07) is 7.90. The van der Waals surface area contributed by atoms with Crippen molar-refractivity contribution in [2.24, 2.45) is 5.73 Å². The summed E-state index contributed by atoms with van der Waals surface area (Å²) >= 11 is 0. The van der Waals surface area contributed by atoms with Gasteiger partial charge in [-0.05, 0) is 37.1 Å². The first-order valence-electron chi connectivity index (χ1n) is 8.22. The molecule has 2 N–H and O–H groups in total. The number of likely N-dealkylation sites (tertiary alicyclic amines) is 1. The molecule has 3 rings (SSSR count). The van der Waals surface area contributed by atoms with Crippen LogP contribution in [0, 0.1) is 0 Å². The summed E-state index contributed by atoms with van der Waals surface area (Å²) in [5.74, 6) is 1.61. The summed E-state index contributed by atoms with van der Waals surface area (Å²) in [7, 11) is 0. The van der Waals surface area contributed by atoms with Crippen LogP contribution in [-0.2, 0) is 17.8 Å². The summed E-state index contributed by atoms with van der Waals surface area (Å²) in [4.78, 5) is 17.6. The van der Waals surface area contributed by atoms with Gasteiger partial charge in [0.15, 0.2) is 12.4 Å². The molecule has 1 amide bonds. The molecule has 1 atom stereocenters. The van der Waals surface area contributed by atoms with Crippen molar-refractivity contribution < 1.29 is 14.1 Å². The normalized spacial score (nSPS) is 18.0. The molecule has 1 fully saturated rings. The highest BCUT2D eigenvalue weighted by molar-refractivity contribution is 5.75. The Hall–Kier alpha value is -2.41. The third kappa shape index (κ3) is 3.91. The van der Waals surface area contributed by atoms with Crippen molar-refractivity contribution in [3.05, 3.63) is 41.5 Å². The molecule has 0 bridgehead atoms. The molecule has 7 heteroatoms. The topological polar surface area (TPSA) is 94.5 Å². The van der Waals surface area contributed by atoms with Gasteiger partial charge < -0.3 is 15.0 Å². The first-order valence-corrected chi connectivity index (χ1v) is 8.22. The number of ether oxygens (including phenoxy) is 1. The molecule has 0 radical (unpaired) electrons. The van der Waals surface area contributed by atoms with E-state index in [2.05, 4.69) is 15.0 Å². The first-order chi connectivity index (χ1) is 11.7. The van der Waals surface area contributed by atoms with Crippen molar-refractivity contribution >= 4 is 5.91 Å². The minimum atomic E-state index is -0.483. The second-order valence-corrected chi connectivity index (χ2v) is 5.93. The SMILES string of the molecule is CCc1nc([C@H]2CCCN2Cc2cccc(OCC(N)=O)c2)no1. The average molecular weight is 330 g/mol. The quantitative estimate of drug-likeness (QED) is 0.832. The Kier molecular flexibility index (Phi) is 5.10. The Bertz CT molecular complexity index is 701. The molecule has 0 aliphatic carbocycles. The molecule has 1 aromatic heterocycles. The van der Waals surface area contributed by atoms with E-state index < -0.39 is 5.91 Å². The maximum Gasteiger partial charge on any atom is 0.255 e. The highest BCUT2D eigenvalue weighted by Crippen LogP contribution is 2.32. The number of primary amides is 1. The molecule has 2 heterocycles. The third-order valence-corrected chi connectivity index (χ3v) is 4.11. The van der Waals surface area contributed by atoms with Gasteiger partial charge in [-0.25, -0.2) is 0 Å². The van der Waals surface area contributed by atoms with Crippen LogP contribution in [-0.4, -0.2) is 34.1 Å². The third-order valence-electron chi connectivity index (χ3n) is 4.11. The van der Waals surface area contributed by atoms with E-state index >= 15 is 0 Å². The van der Waals surface area contributed by atoms with E-state index in [9.17, 15) is 4.79 Å². The molecule has 24 heavy (non-hydrogen) atoms. The second-order valence-electron chi connectivity index (χ2n) is 5.93. The van der Waals surface area contributed by atoms with Gasteiger partial charge in [-0.15, -0.1) is 0 Å². The molecule has 0 spiro atoms. The zero-order valence-corrected chi connectivity index (χ0v) is 13.8. The van der Waals surface area contributed by atoms with Gasteiger partial charge in [-0.3, -0.25) is 9.69 Å². The number of aromatic nitrogens is 2. The van der Waals surface area contributed by atoms with Crippen molar-refractivity contribution in [2.45, 2.75) is 38.8 Å². The lowest BCUT2D eigenvalue weighted by Crippen LogP contribution is -2.23. The number of amides is 1. The lowest BCUT2D eigenvalue weighted by Gasteiger charge is -2.22. The summed E-state index contributed by atoms with van der Waals surface area (Å²) in [6.45, 7) is 3.65. The molecule has 0 saturated carbocycles. The van der Waals surface area contributed by atoms with E-state index in [-0.39, 0.29) is 12.6 Å². The smallest absolute Gasteiger partial charge is 0.255 e.